The first kappa shape index (κ1) is 18.2. The molecule has 6 nitrogen and oxygen atoms in total. The molecule has 0 saturated heterocycles. The topological polar surface area (TPSA) is 89.6 Å². The third-order valence-corrected chi connectivity index (χ3v) is 5.58. The highest BCUT2D eigenvalue weighted by Crippen LogP contribution is 2.54. The fraction of sp³-hybridized carbons (Fsp3) is 0.278. The Hall–Kier alpha value is -2.19. The lowest BCUT2D eigenvalue weighted by Gasteiger charge is -2.32. The van der Waals surface area contributed by atoms with Gasteiger partial charge in [0.1, 0.15) is 24.0 Å². The Labute approximate surface area is 168 Å². The summed E-state index contributed by atoms with van der Waals surface area (Å²) in [5.41, 5.74) is 5.74. The van der Waals surface area contributed by atoms with Crippen molar-refractivity contribution in [2.24, 2.45) is 16.6 Å². The van der Waals surface area contributed by atoms with Crippen molar-refractivity contribution in [3.63, 3.8) is 0 Å². The lowest BCUT2D eigenvalue weighted by Crippen LogP contribution is -2.39. The Morgan fingerprint density at radius 1 is 1.44 bits per heavy atom. The third kappa shape index (κ3) is 3.27. The van der Waals surface area contributed by atoms with E-state index in [1.807, 2.05) is 0 Å². The molecule has 0 bridgehead atoms. The number of carbonyl (C=O) groups is 1. The molecule has 1 aromatic carbocycles. The van der Waals surface area contributed by atoms with Gasteiger partial charge in [0.15, 0.2) is 0 Å². The molecule has 1 fully saturated rings. The fourth-order valence-corrected chi connectivity index (χ4v) is 3.88. The smallest absolute Gasteiger partial charge is 0.283 e. The maximum atomic E-state index is 14.2. The van der Waals surface area contributed by atoms with Gasteiger partial charge in [-0.25, -0.2) is 14.4 Å². The molecule has 1 aliphatic carbocycles. The number of nitrogens with zero attached hydrogens (tertiary/aromatic N) is 2. The Balaban J connectivity index is 1.66. The molecule has 9 heteroatoms. The molecule has 1 aromatic heterocycles. The van der Waals surface area contributed by atoms with Crippen molar-refractivity contribution >= 4 is 45.1 Å². The van der Waals surface area contributed by atoms with Crippen molar-refractivity contribution in [1.82, 2.24) is 4.98 Å². The number of nitrogens with one attached hydrogen (secondary N) is 1. The highest BCUT2D eigenvalue weighted by atomic mass is 79.9. The van der Waals surface area contributed by atoms with Crippen LogP contribution in [0.4, 0.5) is 10.1 Å². The van der Waals surface area contributed by atoms with E-state index in [9.17, 15) is 9.18 Å². The quantitative estimate of drug-likeness (QED) is 0.739. The van der Waals surface area contributed by atoms with Crippen molar-refractivity contribution in [3.05, 3.63) is 57.3 Å². The predicted molar refractivity (Wildman–Crippen MR) is 104 cm³/mol. The van der Waals surface area contributed by atoms with Crippen molar-refractivity contribution in [2.75, 3.05) is 12.0 Å². The zero-order chi connectivity index (χ0) is 19.2. The molecule has 1 aliphatic heterocycles. The van der Waals surface area contributed by atoms with Crippen molar-refractivity contribution in [3.8, 4) is 0 Å². The van der Waals surface area contributed by atoms with Gasteiger partial charge >= 0.3 is 0 Å². The summed E-state index contributed by atoms with van der Waals surface area (Å²) >= 11 is 9.63. The van der Waals surface area contributed by atoms with Crippen LogP contribution >= 0.6 is 27.5 Å². The van der Waals surface area contributed by atoms with Crippen LogP contribution in [-0.4, -0.2) is 29.7 Å². The molecule has 2 aliphatic rings. The average molecular weight is 454 g/mol. The number of aromatic nitrogens is 1. The molecule has 0 radical (unpaired) electrons. The van der Waals surface area contributed by atoms with E-state index in [4.69, 9.17) is 22.1 Å². The number of hydrogen-bond acceptors (Lipinski definition) is 5. The van der Waals surface area contributed by atoms with E-state index in [0.717, 1.165) is 4.47 Å². The molecule has 140 valence electrons. The van der Waals surface area contributed by atoms with E-state index in [1.165, 1.54) is 6.20 Å². The average Bonchev–Trinajstić information content (AvgIpc) is 3.43. The Kier molecular flexibility index (Phi) is 4.55. The summed E-state index contributed by atoms with van der Waals surface area (Å²) < 4.78 is 20.3. The fourth-order valence-electron chi connectivity index (χ4n) is 3.37. The van der Waals surface area contributed by atoms with E-state index in [2.05, 4.69) is 31.2 Å². The maximum Gasteiger partial charge on any atom is 0.283 e. The summed E-state index contributed by atoms with van der Waals surface area (Å²) in [7, 11) is 0. The zero-order valence-corrected chi connectivity index (χ0v) is 16.3. The van der Waals surface area contributed by atoms with Crippen LogP contribution < -0.4 is 11.1 Å². The molecule has 2 aromatic rings. The molecule has 1 amide bonds. The van der Waals surface area contributed by atoms with Crippen LogP contribution in [0.1, 0.15) is 22.5 Å². The van der Waals surface area contributed by atoms with Gasteiger partial charge in [-0.15, -0.1) is 0 Å². The van der Waals surface area contributed by atoms with Gasteiger partial charge in [0, 0.05) is 32.9 Å². The Bertz CT molecular complexity index is 939. The second-order valence-corrected chi connectivity index (χ2v) is 7.84. The lowest BCUT2D eigenvalue weighted by molar-refractivity contribution is 0.102. The van der Waals surface area contributed by atoms with Gasteiger partial charge in [0.05, 0.1) is 0 Å². The summed E-state index contributed by atoms with van der Waals surface area (Å²) in [6, 6.07) is 8.16. The monoisotopic (exact) mass is 452 g/mol. The molecule has 3 N–H and O–H groups in total. The third-order valence-electron chi connectivity index (χ3n) is 4.78. The molecular formula is C18H15BrClFN4O2. The number of ether oxygens (including phenoxy) is 1. The first-order valence-electron chi connectivity index (χ1n) is 8.24. The second-order valence-electron chi connectivity index (χ2n) is 6.52. The molecule has 3 atom stereocenters. The van der Waals surface area contributed by atoms with Gasteiger partial charge in [-0.1, -0.05) is 11.6 Å². The number of hydrogen-bond donors (Lipinski definition) is 2. The number of pyridine rings is 1. The van der Waals surface area contributed by atoms with Crippen molar-refractivity contribution in [1.29, 1.82) is 0 Å². The number of alkyl halides is 1. The van der Waals surface area contributed by atoms with Crippen LogP contribution in [0, 0.1) is 5.92 Å². The number of fused-ring (bicyclic) bond motifs is 1. The molecule has 1 saturated carbocycles. The Morgan fingerprint density at radius 2 is 2.26 bits per heavy atom. The van der Waals surface area contributed by atoms with Crippen molar-refractivity contribution < 1.29 is 13.9 Å². The number of amidine groups is 1. The standard InChI is InChI=1S/C18H15BrClFN4O2/c19-9-1-4-14(23-7-9)16(26)24-10-2-3-13(20)11(5-10)18(8-21)12-6-15(12)27-17(22)25-18/h1-5,7,12,15H,6,8H2,(H2,22,25)(H,24,26)/t12-,15?,18+/m1/s1. The van der Waals surface area contributed by atoms with Crippen LogP contribution in [0.15, 0.2) is 46.0 Å². The minimum Gasteiger partial charge on any atom is -0.462 e. The highest BCUT2D eigenvalue weighted by molar-refractivity contribution is 9.10. The highest BCUT2D eigenvalue weighted by Gasteiger charge is 2.59. The second kappa shape index (κ2) is 6.76. The van der Waals surface area contributed by atoms with Crippen LogP contribution in [-0.2, 0) is 10.3 Å². The Morgan fingerprint density at radius 3 is 2.96 bits per heavy atom. The number of amides is 1. The van der Waals surface area contributed by atoms with Crippen LogP contribution in [0.3, 0.4) is 0 Å². The summed E-state index contributed by atoms with van der Waals surface area (Å²) in [5.74, 6) is -0.518. The van der Waals surface area contributed by atoms with Gasteiger partial charge in [-0.3, -0.25) is 4.79 Å². The number of anilines is 1. The number of halogens is 3. The first-order valence-corrected chi connectivity index (χ1v) is 9.41. The van der Waals surface area contributed by atoms with Gasteiger partial charge in [-0.2, -0.15) is 0 Å². The normalized spacial score (nSPS) is 25.8. The minimum absolute atomic E-state index is 0.0454. The lowest BCUT2D eigenvalue weighted by atomic mass is 9.85. The largest absolute Gasteiger partial charge is 0.462 e. The van der Waals surface area contributed by atoms with Crippen LogP contribution in [0.25, 0.3) is 0 Å². The summed E-state index contributed by atoms with van der Waals surface area (Å²) in [5, 5.41) is 3.11. The molecule has 2 heterocycles. The van der Waals surface area contributed by atoms with Gasteiger partial charge in [0.25, 0.3) is 11.9 Å². The molecule has 0 spiro atoms. The minimum atomic E-state index is -1.19. The summed E-state index contributed by atoms with van der Waals surface area (Å²) in [6.45, 7) is -0.760. The number of rotatable bonds is 4. The molecule has 27 heavy (non-hydrogen) atoms. The molecule has 4 rings (SSSR count). The summed E-state index contributed by atoms with van der Waals surface area (Å²) in [4.78, 5) is 20.7. The number of benzene rings is 1. The van der Waals surface area contributed by atoms with Crippen LogP contribution in [0.5, 0.6) is 0 Å². The first-order chi connectivity index (χ1) is 12.9. The van der Waals surface area contributed by atoms with E-state index in [1.54, 1.807) is 30.3 Å². The van der Waals surface area contributed by atoms with Gasteiger partial charge in [-0.05, 0) is 52.7 Å². The van der Waals surface area contributed by atoms with E-state index < -0.39 is 12.2 Å². The van der Waals surface area contributed by atoms with Crippen LogP contribution in [0.2, 0.25) is 5.02 Å². The zero-order valence-electron chi connectivity index (χ0n) is 14.0. The number of nitrogens with two attached hydrogens (primary N) is 1. The number of aliphatic imine (C=N–C) groups is 1. The predicted octanol–water partition coefficient (Wildman–Crippen LogP) is 3.65. The van der Waals surface area contributed by atoms with E-state index >= 15 is 0 Å². The number of carbonyl (C=O) groups excluding carboxylic acids is 1. The van der Waals surface area contributed by atoms with Gasteiger partial charge < -0.3 is 15.8 Å². The molecule has 1 unspecified atom stereocenters. The van der Waals surface area contributed by atoms with E-state index in [0.29, 0.717) is 22.7 Å². The van der Waals surface area contributed by atoms with E-state index in [-0.39, 0.29) is 29.6 Å². The maximum absolute atomic E-state index is 14.2. The molecular weight excluding hydrogens is 439 g/mol. The summed E-state index contributed by atoms with van der Waals surface area (Å²) in [6.07, 6.45) is 2.04. The SMILES string of the molecule is NC1=N[C@@](CF)(c2cc(NC(=O)c3ccc(Br)cn3)ccc2Cl)[C@@H]2CC2O1. The van der Waals surface area contributed by atoms with Gasteiger partial charge in [0.2, 0.25) is 0 Å². The van der Waals surface area contributed by atoms with Crippen molar-refractivity contribution in [2.45, 2.75) is 18.1 Å².